The zero-order valence-corrected chi connectivity index (χ0v) is 14.9. The summed E-state index contributed by atoms with van der Waals surface area (Å²) >= 11 is 0. The van der Waals surface area contributed by atoms with Crippen molar-refractivity contribution in [3.8, 4) is 0 Å². The Morgan fingerprint density at radius 3 is 2.61 bits per heavy atom. The van der Waals surface area contributed by atoms with Crippen LogP contribution >= 0.6 is 0 Å². The third-order valence-corrected chi connectivity index (χ3v) is 5.08. The standard InChI is InChI=1S/C19H34O4/c1-3-4-5-7-10-15-13-18-17(23-18)12-9-6-8-11-16(22-15)14-19(20)21-2/h15-18H,3-14H2,1-2H3. The van der Waals surface area contributed by atoms with Crippen LogP contribution in [0.25, 0.3) is 0 Å². The molecule has 0 aliphatic carbocycles. The van der Waals surface area contributed by atoms with Crippen molar-refractivity contribution in [3.05, 3.63) is 0 Å². The van der Waals surface area contributed by atoms with Crippen LogP contribution < -0.4 is 0 Å². The number of unbranched alkanes of at least 4 members (excludes halogenated alkanes) is 3. The molecule has 2 fully saturated rings. The highest BCUT2D eigenvalue weighted by Crippen LogP contribution is 2.34. The molecule has 134 valence electrons. The lowest BCUT2D eigenvalue weighted by molar-refractivity contribution is -0.145. The van der Waals surface area contributed by atoms with Gasteiger partial charge in [-0.05, 0) is 19.3 Å². The van der Waals surface area contributed by atoms with E-state index in [1.807, 2.05) is 0 Å². The van der Waals surface area contributed by atoms with Crippen LogP contribution in [0.4, 0.5) is 0 Å². The van der Waals surface area contributed by atoms with Gasteiger partial charge in [0.15, 0.2) is 0 Å². The number of fused-ring (bicyclic) bond motifs is 1. The van der Waals surface area contributed by atoms with Gasteiger partial charge in [-0.2, -0.15) is 0 Å². The fourth-order valence-corrected chi connectivity index (χ4v) is 3.59. The second kappa shape index (κ2) is 10.3. The number of carbonyl (C=O) groups is 1. The number of carbonyl (C=O) groups excluding carboxylic acids is 1. The van der Waals surface area contributed by atoms with Crippen molar-refractivity contribution in [2.24, 2.45) is 0 Å². The molecule has 4 atom stereocenters. The molecule has 0 aromatic heterocycles. The number of hydrogen-bond acceptors (Lipinski definition) is 4. The average molecular weight is 326 g/mol. The predicted octanol–water partition coefficient (Wildman–Crippen LogP) is 4.40. The third kappa shape index (κ3) is 7.21. The molecule has 0 aromatic carbocycles. The minimum absolute atomic E-state index is 0.00826. The zero-order chi connectivity index (χ0) is 16.5. The summed E-state index contributed by atoms with van der Waals surface area (Å²) in [4.78, 5) is 11.7. The molecule has 2 rings (SSSR count). The van der Waals surface area contributed by atoms with E-state index in [9.17, 15) is 4.79 Å². The fraction of sp³-hybridized carbons (Fsp3) is 0.947. The second-order valence-corrected chi connectivity index (χ2v) is 7.10. The van der Waals surface area contributed by atoms with Crippen LogP contribution in [0, 0.1) is 0 Å². The number of esters is 1. The van der Waals surface area contributed by atoms with Crippen LogP contribution in [-0.4, -0.2) is 37.5 Å². The lowest BCUT2D eigenvalue weighted by atomic mass is 10.0. The average Bonchev–Trinajstić information content (AvgIpc) is 3.27. The molecule has 4 heteroatoms. The van der Waals surface area contributed by atoms with Crippen molar-refractivity contribution in [1.82, 2.24) is 0 Å². The van der Waals surface area contributed by atoms with E-state index in [0.717, 1.165) is 25.7 Å². The summed E-state index contributed by atoms with van der Waals surface area (Å²) in [6.45, 7) is 2.23. The fourth-order valence-electron chi connectivity index (χ4n) is 3.59. The van der Waals surface area contributed by atoms with Gasteiger partial charge >= 0.3 is 5.97 Å². The van der Waals surface area contributed by atoms with E-state index in [4.69, 9.17) is 14.2 Å². The highest BCUT2D eigenvalue weighted by molar-refractivity contribution is 5.69. The Morgan fingerprint density at radius 2 is 1.83 bits per heavy atom. The molecule has 2 saturated heterocycles. The van der Waals surface area contributed by atoms with Crippen molar-refractivity contribution in [1.29, 1.82) is 0 Å². The van der Waals surface area contributed by atoms with Crippen molar-refractivity contribution in [3.63, 3.8) is 0 Å². The maximum Gasteiger partial charge on any atom is 0.308 e. The molecule has 0 radical (unpaired) electrons. The van der Waals surface area contributed by atoms with Gasteiger partial charge in [0.05, 0.1) is 37.9 Å². The van der Waals surface area contributed by atoms with Crippen molar-refractivity contribution in [2.45, 2.75) is 108 Å². The van der Waals surface area contributed by atoms with Crippen LogP contribution in [-0.2, 0) is 19.0 Å². The minimum Gasteiger partial charge on any atom is -0.469 e. The number of epoxide rings is 1. The number of methoxy groups -OCH3 is 1. The van der Waals surface area contributed by atoms with Gasteiger partial charge < -0.3 is 14.2 Å². The first-order chi connectivity index (χ1) is 11.2. The summed E-state index contributed by atoms with van der Waals surface area (Å²) in [6, 6.07) is 0. The molecular formula is C19H34O4. The minimum atomic E-state index is -0.157. The van der Waals surface area contributed by atoms with Crippen molar-refractivity contribution < 1.29 is 19.0 Å². The first kappa shape index (κ1) is 18.7. The van der Waals surface area contributed by atoms with Gasteiger partial charge in [-0.25, -0.2) is 0 Å². The Morgan fingerprint density at radius 1 is 1.00 bits per heavy atom. The van der Waals surface area contributed by atoms with Crippen LogP contribution in [0.15, 0.2) is 0 Å². The summed E-state index contributed by atoms with van der Waals surface area (Å²) < 4.78 is 17.0. The molecule has 2 heterocycles. The van der Waals surface area contributed by atoms with E-state index in [1.165, 1.54) is 52.1 Å². The Labute approximate surface area is 141 Å². The van der Waals surface area contributed by atoms with Gasteiger partial charge in [-0.15, -0.1) is 0 Å². The molecule has 0 bridgehead atoms. The van der Waals surface area contributed by atoms with E-state index in [1.54, 1.807) is 0 Å². The summed E-state index contributed by atoms with van der Waals surface area (Å²) in [6.07, 6.45) is 14.3. The molecule has 23 heavy (non-hydrogen) atoms. The Bertz CT molecular complexity index is 344. The number of ether oxygens (including phenoxy) is 3. The third-order valence-electron chi connectivity index (χ3n) is 5.08. The Kier molecular flexibility index (Phi) is 8.38. The molecule has 2 aliphatic heterocycles. The normalized spacial score (nSPS) is 31.7. The molecule has 0 saturated carbocycles. The first-order valence-electron chi connectivity index (χ1n) is 9.60. The molecule has 4 unspecified atom stereocenters. The van der Waals surface area contributed by atoms with Gasteiger partial charge in [0.1, 0.15) is 0 Å². The molecule has 2 aliphatic rings. The zero-order valence-electron chi connectivity index (χ0n) is 14.9. The summed E-state index contributed by atoms with van der Waals surface area (Å²) in [5.41, 5.74) is 0. The van der Waals surface area contributed by atoms with Gasteiger partial charge in [0, 0.05) is 6.42 Å². The van der Waals surface area contributed by atoms with Crippen LogP contribution in [0.5, 0.6) is 0 Å². The first-order valence-corrected chi connectivity index (χ1v) is 9.60. The quantitative estimate of drug-likeness (QED) is 0.395. The number of rotatable bonds is 7. The summed E-state index contributed by atoms with van der Waals surface area (Å²) in [5, 5.41) is 0. The van der Waals surface area contributed by atoms with Gasteiger partial charge in [0.2, 0.25) is 0 Å². The number of hydrogen-bond donors (Lipinski definition) is 0. The smallest absolute Gasteiger partial charge is 0.308 e. The summed E-state index contributed by atoms with van der Waals surface area (Å²) in [5.74, 6) is -0.157. The highest BCUT2D eigenvalue weighted by atomic mass is 16.6. The van der Waals surface area contributed by atoms with E-state index >= 15 is 0 Å². The topological polar surface area (TPSA) is 48.1 Å². The maximum absolute atomic E-state index is 11.7. The van der Waals surface area contributed by atoms with Gasteiger partial charge in [0.25, 0.3) is 0 Å². The van der Waals surface area contributed by atoms with E-state index < -0.39 is 0 Å². The maximum atomic E-state index is 11.7. The largest absolute Gasteiger partial charge is 0.469 e. The summed E-state index contributed by atoms with van der Waals surface area (Å²) in [7, 11) is 1.46. The molecule has 0 N–H and O–H groups in total. The monoisotopic (exact) mass is 326 g/mol. The SMILES string of the molecule is CCCCCCC1CC2OC2CCCCCC(CC(=O)OC)O1. The highest BCUT2D eigenvalue weighted by Gasteiger charge is 2.40. The van der Waals surface area contributed by atoms with Crippen molar-refractivity contribution >= 4 is 5.97 Å². The van der Waals surface area contributed by atoms with E-state index in [-0.39, 0.29) is 18.2 Å². The van der Waals surface area contributed by atoms with E-state index in [0.29, 0.717) is 18.6 Å². The molecule has 0 spiro atoms. The lowest BCUT2D eigenvalue weighted by Crippen LogP contribution is -2.26. The Balaban J connectivity index is 1.87. The second-order valence-electron chi connectivity index (χ2n) is 7.10. The molecule has 4 nitrogen and oxygen atoms in total. The lowest BCUT2D eigenvalue weighted by Gasteiger charge is -2.24. The molecular weight excluding hydrogens is 292 g/mol. The van der Waals surface area contributed by atoms with Gasteiger partial charge in [-0.3, -0.25) is 4.79 Å². The van der Waals surface area contributed by atoms with Gasteiger partial charge in [-0.1, -0.05) is 51.9 Å². The van der Waals surface area contributed by atoms with Crippen LogP contribution in [0.3, 0.4) is 0 Å². The Hall–Kier alpha value is -0.610. The van der Waals surface area contributed by atoms with Crippen LogP contribution in [0.1, 0.15) is 84.0 Å². The van der Waals surface area contributed by atoms with E-state index in [2.05, 4.69) is 6.92 Å². The molecule has 0 amide bonds. The van der Waals surface area contributed by atoms with Crippen LogP contribution in [0.2, 0.25) is 0 Å². The van der Waals surface area contributed by atoms with Crippen molar-refractivity contribution in [2.75, 3.05) is 7.11 Å². The predicted molar refractivity (Wildman–Crippen MR) is 90.4 cm³/mol. The molecule has 0 aromatic rings.